The Kier molecular flexibility index (Phi) is 6.17. The van der Waals surface area contributed by atoms with Crippen molar-refractivity contribution in [2.24, 2.45) is 0 Å². The minimum atomic E-state index is -0.904. The third-order valence-electron chi connectivity index (χ3n) is 3.92. The van der Waals surface area contributed by atoms with Gasteiger partial charge in [0.2, 0.25) is 0 Å². The van der Waals surface area contributed by atoms with Crippen LogP contribution in [-0.4, -0.2) is 24.6 Å². The summed E-state index contributed by atoms with van der Waals surface area (Å²) in [6.45, 7) is 7.90. The predicted octanol–water partition coefficient (Wildman–Crippen LogP) is 3.89. The van der Waals surface area contributed by atoms with Crippen LogP contribution in [0.25, 0.3) is 0 Å². The third kappa shape index (κ3) is 4.83. The van der Waals surface area contributed by atoms with E-state index in [1.54, 1.807) is 31.2 Å². The molecule has 2 rings (SSSR count). The highest BCUT2D eigenvalue weighted by Gasteiger charge is 2.19. The maximum atomic E-state index is 12.3. The van der Waals surface area contributed by atoms with Gasteiger partial charge in [0.1, 0.15) is 5.75 Å². The van der Waals surface area contributed by atoms with Crippen molar-refractivity contribution < 1.29 is 19.1 Å². The second-order valence-corrected chi connectivity index (χ2v) is 5.74. The van der Waals surface area contributed by atoms with Crippen LogP contribution >= 0.6 is 0 Å². The van der Waals surface area contributed by atoms with E-state index >= 15 is 0 Å². The summed E-state index contributed by atoms with van der Waals surface area (Å²) < 4.78 is 10.6. The van der Waals surface area contributed by atoms with Gasteiger partial charge in [-0.1, -0.05) is 12.1 Å². The fourth-order valence-corrected chi connectivity index (χ4v) is 2.26. The van der Waals surface area contributed by atoms with Crippen molar-refractivity contribution in [1.29, 1.82) is 0 Å². The highest BCUT2D eigenvalue weighted by molar-refractivity contribution is 5.97. The number of amides is 1. The topological polar surface area (TPSA) is 64.6 Å². The van der Waals surface area contributed by atoms with Crippen molar-refractivity contribution in [2.45, 2.75) is 33.8 Å². The maximum Gasteiger partial charge on any atom is 0.338 e. The summed E-state index contributed by atoms with van der Waals surface area (Å²) in [6, 6.07) is 12.3. The Balaban J connectivity index is 1.98. The standard InChI is InChI=1S/C20H23NO4/c1-5-24-17-11-9-16(10-12-17)20(23)25-15(4)19(22)21-18-8-6-7-13(2)14(18)3/h6-12,15H,5H2,1-4H3,(H,21,22). The second-order valence-electron chi connectivity index (χ2n) is 5.74. The number of benzene rings is 2. The molecule has 1 unspecified atom stereocenters. The molecule has 0 spiro atoms. The quantitative estimate of drug-likeness (QED) is 0.810. The molecule has 0 bridgehead atoms. The predicted molar refractivity (Wildman–Crippen MR) is 97.0 cm³/mol. The van der Waals surface area contributed by atoms with Crippen molar-refractivity contribution in [1.82, 2.24) is 0 Å². The maximum absolute atomic E-state index is 12.3. The van der Waals surface area contributed by atoms with E-state index < -0.39 is 12.1 Å². The fraction of sp³-hybridized carbons (Fsp3) is 0.300. The number of ether oxygens (including phenoxy) is 2. The number of anilines is 1. The van der Waals surface area contributed by atoms with Gasteiger partial charge in [-0.15, -0.1) is 0 Å². The monoisotopic (exact) mass is 341 g/mol. The largest absolute Gasteiger partial charge is 0.494 e. The smallest absolute Gasteiger partial charge is 0.338 e. The molecule has 1 atom stereocenters. The lowest BCUT2D eigenvalue weighted by atomic mass is 10.1. The van der Waals surface area contributed by atoms with E-state index in [1.807, 2.05) is 39.0 Å². The van der Waals surface area contributed by atoms with E-state index in [0.29, 0.717) is 23.6 Å². The minimum absolute atomic E-state index is 0.368. The van der Waals surface area contributed by atoms with Gasteiger partial charge in [-0.3, -0.25) is 4.79 Å². The Hall–Kier alpha value is -2.82. The SMILES string of the molecule is CCOc1ccc(C(=O)OC(C)C(=O)Nc2cccc(C)c2C)cc1. The molecular formula is C20H23NO4. The van der Waals surface area contributed by atoms with Gasteiger partial charge in [-0.25, -0.2) is 4.79 Å². The van der Waals surface area contributed by atoms with Crippen LogP contribution in [-0.2, 0) is 9.53 Å². The molecule has 1 amide bonds. The van der Waals surface area contributed by atoms with E-state index in [4.69, 9.17) is 9.47 Å². The van der Waals surface area contributed by atoms with E-state index in [1.165, 1.54) is 0 Å². The summed E-state index contributed by atoms with van der Waals surface area (Å²) in [5.74, 6) is -0.237. The molecule has 1 N–H and O–H groups in total. The van der Waals surface area contributed by atoms with Crippen LogP contribution in [0.5, 0.6) is 5.75 Å². The van der Waals surface area contributed by atoms with Gasteiger partial charge in [0.15, 0.2) is 6.10 Å². The molecule has 0 aliphatic carbocycles. The summed E-state index contributed by atoms with van der Waals surface area (Å²) in [5.41, 5.74) is 3.15. The van der Waals surface area contributed by atoms with Gasteiger partial charge in [0.05, 0.1) is 12.2 Å². The number of carbonyl (C=O) groups is 2. The zero-order valence-corrected chi connectivity index (χ0v) is 15.0. The number of esters is 1. The summed E-state index contributed by atoms with van der Waals surface area (Å²) in [7, 11) is 0. The molecule has 0 heterocycles. The molecule has 0 saturated heterocycles. The van der Waals surface area contributed by atoms with Crippen molar-refractivity contribution in [3.8, 4) is 5.75 Å². The highest BCUT2D eigenvalue weighted by Crippen LogP contribution is 2.19. The first-order valence-corrected chi connectivity index (χ1v) is 8.23. The lowest BCUT2D eigenvalue weighted by molar-refractivity contribution is -0.123. The van der Waals surface area contributed by atoms with Crippen LogP contribution in [0, 0.1) is 13.8 Å². The van der Waals surface area contributed by atoms with E-state index in [-0.39, 0.29) is 5.91 Å². The average molecular weight is 341 g/mol. The zero-order valence-electron chi connectivity index (χ0n) is 15.0. The van der Waals surface area contributed by atoms with Crippen molar-refractivity contribution in [3.05, 3.63) is 59.2 Å². The Labute approximate surface area is 148 Å². The molecule has 0 fully saturated rings. The number of nitrogens with one attached hydrogen (secondary N) is 1. The molecule has 2 aromatic rings. The summed E-state index contributed by atoms with van der Waals surface area (Å²) in [5, 5.41) is 2.80. The fourth-order valence-electron chi connectivity index (χ4n) is 2.26. The van der Waals surface area contributed by atoms with Crippen LogP contribution in [0.15, 0.2) is 42.5 Å². The lowest BCUT2D eigenvalue weighted by Gasteiger charge is -2.15. The summed E-state index contributed by atoms with van der Waals surface area (Å²) >= 11 is 0. The number of carbonyl (C=O) groups excluding carboxylic acids is 2. The van der Waals surface area contributed by atoms with E-state index in [0.717, 1.165) is 11.1 Å². The normalized spacial score (nSPS) is 11.5. The molecule has 5 nitrogen and oxygen atoms in total. The Morgan fingerprint density at radius 3 is 2.40 bits per heavy atom. The van der Waals surface area contributed by atoms with Crippen LogP contribution in [0.2, 0.25) is 0 Å². The number of rotatable bonds is 6. The molecule has 132 valence electrons. The Morgan fingerprint density at radius 2 is 1.76 bits per heavy atom. The minimum Gasteiger partial charge on any atom is -0.494 e. The molecular weight excluding hydrogens is 318 g/mol. The molecule has 0 aliphatic heterocycles. The molecule has 0 aliphatic rings. The van der Waals surface area contributed by atoms with Gasteiger partial charge >= 0.3 is 5.97 Å². The van der Waals surface area contributed by atoms with Crippen LogP contribution in [0.3, 0.4) is 0 Å². The van der Waals surface area contributed by atoms with Crippen LogP contribution in [0.4, 0.5) is 5.69 Å². The molecule has 0 radical (unpaired) electrons. The molecule has 5 heteroatoms. The zero-order chi connectivity index (χ0) is 18.4. The van der Waals surface area contributed by atoms with Crippen molar-refractivity contribution in [2.75, 3.05) is 11.9 Å². The second kappa shape index (κ2) is 8.33. The summed E-state index contributed by atoms with van der Waals surface area (Å²) in [4.78, 5) is 24.4. The van der Waals surface area contributed by atoms with Crippen molar-refractivity contribution in [3.63, 3.8) is 0 Å². The first-order valence-electron chi connectivity index (χ1n) is 8.23. The number of hydrogen-bond acceptors (Lipinski definition) is 4. The highest BCUT2D eigenvalue weighted by atomic mass is 16.5. The third-order valence-corrected chi connectivity index (χ3v) is 3.92. The van der Waals surface area contributed by atoms with Crippen molar-refractivity contribution >= 4 is 17.6 Å². The van der Waals surface area contributed by atoms with Gasteiger partial charge in [-0.05, 0) is 69.2 Å². The van der Waals surface area contributed by atoms with Crippen LogP contribution in [0.1, 0.15) is 35.3 Å². The average Bonchev–Trinajstić information content (AvgIpc) is 2.59. The van der Waals surface area contributed by atoms with Crippen LogP contribution < -0.4 is 10.1 Å². The molecule has 0 aromatic heterocycles. The molecule has 25 heavy (non-hydrogen) atoms. The molecule has 2 aromatic carbocycles. The van der Waals surface area contributed by atoms with E-state index in [9.17, 15) is 9.59 Å². The lowest BCUT2D eigenvalue weighted by Crippen LogP contribution is -2.30. The van der Waals surface area contributed by atoms with Gasteiger partial charge in [0, 0.05) is 5.69 Å². The first kappa shape index (κ1) is 18.5. The molecule has 0 saturated carbocycles. The summed E-state index contributed by atoms with van der Waals surface area (Å²) in [6.07, 6.45) is -0.904. The van der Waals surface area contributed by atoms with E-state index in [2.05, 4.69) is 5.32 Å². The number of aryl methyl sites for hydroxylation is 1. The Bertz CT molecular complexity index is 753. The first-order chi connectivity index (χ1) is 11.9. The van der Waals surface area contributed by atoms with Gasteiger partial charge < -0.3 is 14.8 Å². The number of hydrogen-bond donors (Lipinski definition) is 1. The Morgan fingerprint density at radius 1 is 1.08 bits per heavy atom. The van der Waals surface area contributed by atoms with Gasteiger partial charge in [0.25, 0.3) is 5.91 Å². The van der Waals surface area contributed by atoms with Gasteiger partial charge in [-0.2, -0.15) is 0 Å².